The van der Waals surface area contributed by atoms with Crippen molar-refractivity contribution in [1.82, 2.24) is 30.0 Å². The van der Waals surface area contributed by atoms with Gasteiger partial charge in [-0.05, 0) is 30.3 Å². The van der Waals surface area contributed by atoms with Gasteiger partial charge in [-0.15, -0.1) is 10.2 Å². The summed E-state index contributed by atoms with van der Waals surface area (Å²) in [6.07, 6.45) is 0. The Morgan fingerprint density at radius 1 is 0.829 bits per heavy atom. The molecule has 14 heteroatoms. The van der Waals surface area contributed by atoms with E-state index >= 15 is 0 Å². The minimum absolute atomic E-state index is 0.00463. The molecule has 5 aromatic rings. The number of hydrazone groups is 1. The van der Waals surface area contributed by atoms with Crippen LogP contribution in [0.3, 0.4) is 0 Å². The van der Waals surface area contributed by atoms with Gasteiger partial charge < -0.3 is 0 Å². The number of rotatable bonds is 8. The molecule has 5 rings (SSSR count). The van der Waals surface area contributed by atoms with Gasteiger partial charge in [-0.2, -0.15) is 5.10 Å². The average molecular weight is 472 g/mol. The molecule has 0 saturated heterocycles. The summed E-state index contributed by atoms with van der Waals surface area (Å²) in [5.74, 6) is 0. The van der Waals surface area contributed by atoms with Crippen molar-refractivity contribution in [2.45, 2.75) is 13.1 Å². The fraction of sp³-hybridized carbons (Fsp3) is 0.0952. The summed E-state index contributed by atoms with van der Waals surface area (Å²) in [6.45, 7) is 0.394. The Hall–Kier alpha value is -5.27. The molecule has 1 N–H and O–H groups in total. The van der Waals surface area contributed by atoms with E-state index in [0.29, 0.717) is 16.7 Å². The van der Waals surface area contributed by atoms with Crippen LogP contribution >= 0.6 is 0 Å². The molecule has 0 amide bonds. The van der Waals surface area contributed by atoms with Crippen molar-refractivity contribution in [2.75, 3.05) is 5.43 Å². The summed E-state index contributed by atoms with van der Waals surface area (Å²) in [5.41, 5.74) is 5.30. The van der Waals surface area contributed by atoms with E-state index in [4.69, 9.17) is 0 Å². The molecule has 0 unspecified atom stereocenters. The van der Waals surface area contributed by atoms with E-state index in [1.807, 2.05) is 48.5 Å². The number of nitrogens with one attached hydrogen (secondary N) is 1. The van der Waals surface area contributed by atoms with Crippen molar-refractivity contribution < 1.29 is 9.85 Å². The third-order valence-corrected chi connectivity index (χ3v) is 5.23. The molecule has 2 aromatic heterocycles. The van der Waals surface area contributed by atoms with Crippen molar-refractivity contribution in [2.24, 2.45) is 5.10 Å². The van der Waals surface area contributed by atoms with Gasteiger partial charge >= 0.3 is 5.69 Å². The van der Waals surface area contributed by atoms with Crippen LogP contribution in [0.15, 0.2) is 71.8 Å². The Kier molecular flexibility index (Phi) is 5.51. The van der Waals surface area contributed by atoms with Gasteiger partial charge in [0.15, 0.2) is 0 Å². The first kappa shape index (κ1) is 21.6. The minimum atomic E-state index is -0.708. The van der Waals surface area contributed by atoms with Crippen molar-refractivity contribution >= 4 is 44.8 Å². The zero-order valence-corrected chi connectivity index (χ0v) is 17.9. The van der Waals surface area contributed by atoms with Crippen LogP contribution in [0.2, 0.25) is 0 Å². The highest BCUT2D eigenvalue weighted by atomic mass is 16.6. The maximum absolute atomic E-state index is 11.5. The summed E-state index contributed by atoms with van der Waals surface area (Å²) in [7, 11) is 0. The Morgan fingerprint density at radius 2 is 1.40 bits per heavy atom. The highest BCUT2D eigenvalue weighted by Gasteiger charge is 2.20. The number of anilines is 1. The number of non-ortho nitro benzene ring substituents is 1. The average Bonchev–Trinajstić information content (AvgIpc) is 3.46. The Balaban J connectivity index is 1.51. The lowest BCUT2D eigenvalue weighted by Gasteiger charge is -2.10. The molecule has 0 aliphatic carbocycles. The van der Waals surface area contributed by atoms with E-state index in [0.717, 1.165) is 17.1 Å². The van der Waals surface area contributed by atoms with Gasteiger partial charge in [-0.1, -0.05) is 34.7 Å². The first-order valence-electron chi connectivity index (χ1n) is 10.3. The molecule has 0 spiro atoms. The molecule has 14 nitrogen and oxygen atoms in total. The predicted molar refractivity (Wildman–Crippen MR) is 126 cm³/mol. The van der Waals surface area contributed by atoms with Crippen LogP contribution in [0.4, 0.5) is 17.1 Å². The van der Waals surface area contributed by atoms with E-state index in [2.05, 4.69) is 31.2 Å². The Bertz CT molecular complexity index is 1530. The second kappa shape index (κ2) is 8.93. The Morgan fingerprint density at radius 3 is 1.94 bits per heavy atom. The normalized spacial score (nSPS) is 11.0. The molecule has 0 bridgehead atoms. The third-order valence-electron chi connectivity index (χ3n) is 5.23. The smallest absolute Gasteiger partial charge is 0.272 e. The van der Waals surface area contributed by atoms with Crippen molar-refractivity contribution in [1.29, 1.82) is 0 Å². The van der Waals surface area contributed by atoms with Gasteiger partial charge in [0.05, 0.1) is 45.7 Å². The molecule has 174 valence electrons. The van der Waals surface area contributed by atoms with E-state index in [1.54, 1.807) is 9.36 Å². The number of benzene rings is 3. The lowest BCUT2D eigenvalue weighted by atomic mass is 10.2. The topological polar surface area (TPSA) is 172 Å². The number of hydrogen-bond donors (Lipinski definition) is 1. The quantitative estimate of drug-likeness (QED) is 0.202. The lowest BCUT2D eigenvalue weighted by Crippen LogP contribution is -2.20. The van der Waals surface area contributed by atoms with E-state index < -0.39 is 21.2 Å². The number of fused-ring (bicyclic) bond motifs is 2. The number of para-hydroxylation sites is 2. The number of nitrogens with zero attached hydrogens (tertiary/aromatic N) is 9. The van der Waals surface area contributed by atoms with E-state index in [9.17, 15) is 20.2 Å². The maximum Gasteiger partial charge on any atom is 0.301 e. The van der Waals surface area contributed by atoms with Crippen LogP contribution in [0.5, 0.6) is 0 Å². The largest absolute Gasteiger partial charge is 0.301 e. The summed E-state index contributed by atoms with van der Waals surface area (Å²) in [6, 6.07) is 18.1. The van der Waals surface area contributed by atoms with E-state index in [1.165, 1.54) is 12.1 Å². The predicted octanol–water partition coefficient (Wildman–Crippen LogP) is 3.16. The fourth-order valence-corrected chi connectivity index (χ4v) is 3.55. The van der Waals surface area contributed by atoms with Crippen LogP contribution in [0.25, 0.3) is 22.1 Å². The molecular weight excluding hydrogens is 456 g/mol. The Labute approximate surface area is 195 Å². The molecule has 35 heavy (non-hydrogen) atoms. The molecule has 0 radical (unpaired) electrons. The molecule has 0 aliphatic heterocycles. The number of nitro groups is 2. The number of nitro benzene ring substituents is 2. The molecule has 0 saturated carbocycles. The standard InChI is InChI=1S/C21H16N10O4/c32-30(33)15-9-10-18(21(11-15)31(34)35)23-22-14(12-28-19-7-3-1-5-16(19)24-26-28)13-29-20-8-4-2-6-17(20)25-27-29/h1-11,23H,12-13H2. The van der Waals surface area contributed by atoms with Gasteiger partial charge in [-0.25, -0.2) is 9.36 Å². The highest BCUT2D eigenvalue weighted by Crippen LogP contribution is 2.29. The monoisotopic (exact) mass is 472 g/mol. The van der Waals surface area contributed by atoms with Crippen LogP contribution < -0.4 is 5.43 Å². The summed E-state index contributed by atoms with van der Waals surface area (Å²) in [5, 5.41) is 43.6. The van der Waals surface area contributed by atoms with Crippen LogP contribution in [-0.2, 0) is 13.1 Å². The summed E-state index contributed by atoms with van der Waals surface area (Å²) >= 11 is 0. The molecule has 0 fully saturated rings. The van der Waals surface area contributed by atoms with Crippen LogP contribution in [0, 0.1) is 20.2 Å². The van der Waals surface area contributed by atoms with Gasteiger partial charge in [-0.3, -0.25) is 25.7 Å². The van der Waals surface area contributed by atoms with Gasteiger partial charge in [0.25, 0.3) is 5.69 Å². The zero-order valence-electron chi connectivity index (χ0n) is 17.9. The molecule has 2 heterocycles. The minimum Gasteiger partial charge on any atom is -0.272 e. The highest BCUT2D eigenvalue weighted by molar-refractivity contribution is 5.88. The van der Waals surface area contributed by atoms with Crippen molar-refractivity contribution in [3.63, 3.8) is 0 Å². The third kappa shape index (κ3) is 4.35. The fourth-order valence-electron chi connectivity index (χ4n) is 3.55. The first-order chi connectivity index (χ1) is 17.0. The van der Waals surface area contributed by atoms with Crippen LogP contribution in [0.1, 0.15) is 0 Å². The van der Waals surface area contributed by atoms with Gasteiger partial charge in [0.2, 0.25) is 0 Å². The summed E-state index contributed by atoms with van der Waals surface area (Å²) in [4.78, 5) is 21.1. The lowest BCUT2D eigenvalue weighted by molar-refractivity contribution is -0.393. The van der Waals surface area contributed by atoms with Crippen LogP contribution in [-0.4, -0.2) is 45.5 Å². The second-order valence-corrected chi connectivity index (χ2v) is 7.48. The van der Waals surface area contributed by atoms with Crippen molar-refractivity contribution in [3.8, 4) is 0 Å². The van der Waals surface area contributed by atoms with Gasteiger partial charge in [0, 0.05) is 6.07 Å². The number of hydrogen-bond acceptors (Lipinski definition) is 10. The SMILES string of the molecule is O=[N+]([O-])c1ccc(NN=C(Cn2nnc3ccccc32)Cn2nnc3ccccc32)c([N+](=O)[O-])c1. The zero-order chi connectivity index (χ0) is 24.4. The maximum atomic E-state index is 11.5. The van der Waals surface area contributed by atoms with Gasteiger partial charge in [0.1, 0.15) is 16.7 Å². The van der Waals surface area contributed by atoms with Crippen molar-refractivity contribution in [3.05, 3.63) is 87.0 Å². The second-order valence-electron chi connectivity index (χ2n) is 7.48. The number of aromatic nitrogens is 6. The molecular formula is C21H16N10O4. The molecule has 3 aromatic carbocycles. The first-order valence-corrected chi connectivity index (χ1v) is 10.3. The van der Waals surface area contributed by atoms with E-state index in [-0.39, 0.29) is 18.8 Å². The summed E-state index contributed by atoms with van der Waals surface area (Å²) < 4.78 is 3.30. The molecule has 0 aliphatic rings. The molecule has 0 atom stereocenters.